The molecule has 1 amide bonds. The lowest BCUT2D eigenvalue weighted by Crippen LogP contribution is -2.44. The molecule has 1 aliphatic heterocycles. The van der Waals surface area contributed by atoms with E-state index in [1.54, 1.807) is 0 Å². The van der Waals surface area contributed by atoms with Gasteiger partial charge in [-0.25, -0.2) is 0 Å². The first-order chi connectivity index (χ1) is 17.7. The number of amides is 1. The number of piperidine rings is 1. The minimum absolute atomic E-state index is 0.0144. The predicted molar refractivity (Wildman–Crippen MR) is 160 cm³/mol. The molecule has 3 rings (SSSR count). The van der Waals surface area contributed by atoms with Crippen molar-refractivity contribution in [3.63, 3.8) is 0 Å². The van der Waals surface area contributed by atoms with Gasteiger partial charge in [-0.2, -0.15) is 0 Å². The van der Waals surface area contributed by atoms with E-state index in [9.17, 15) is 4.79 Å². The number of nitrogens with zero attached hydrogens (tertiary/aromatic N) is 1. The lowest BCUT2D eigenvalue weighted by atomic mass is 9.75. The average molecular weight is 506 g/mol. The second-order valence-electron chi connectivity index (χ2n) is 11.1. The fraction of sp³-hybridized carbons (Fsp3) is 0.545. The summed E-state index contributed by atoms with van der Waals surface area (Å²) in [6.45, 7) is 17.4. The van der Waals surface area contributed by atoms with Gasteiger partial charge in [-0.3, -0.25) is 9.69 Å². The maximum absolute atomic E-state index is 12.5. The van der Waals surface area contributed by atoms with Crippen LogP contribution < -0.4 is 10.6 Å². The molecule has 1 atom stereocenters. The molecular formula is C33H51N3O. The van der Waals surface area contributed by atoms with Crippen molar-refractivity contribution in [1.82, 2.24) is 15.5 Å². The average Bonchev–Trinajstić information content (AvgIpc) is 3.20. The van der Waals surface area contributed by atoms with Crippen molar-refractivity contribution >= 4 is 5.91 Å². The highest BCUT2D eigenvalue weighted by Crippen LogP contribution is 2.37. The van der Waals surface area contributed by atoms with E-state index in [0.717, 1.165) is 44.5 Å². The highest BCUT2D eigenvalue weighted by atomic mass is 16.2. The summed E-state index contributed by atoms with van der Waals surface area (Å²) in [6, 6.07) is 0. The van der Waals surface area contributed by atoms with Crippen LogP contribution >= 0.6 is 0 Å². The Morgan fingerprint density at radius 2 is 1.81 bits per heavy atom. The summed E-state index contributed by atoms with van der Waals surface area (Å²) in [4.78, 5) is 14.8. The van der Waals surface area contributed by atoms with Crippen LogP contribution in [-0.4, -0.2) is 30.4 Å². The molecule has 3 aliphatic rings. The first-order valence-corrected chi connectivity index (χ1v) is 14.3. The van der Waals surface area contributed by atoms with Crippen LogP contribution in [0, 0.1) is 11.3 Å². The summed E-state index contributed by atoms with van der Waals surface area (Å²) < 4.78 is 0. The lowest BCUT2D eigenvalue weighted by Gasteiger charge is -2.39. The monoisotopic (exact) mass is 505 g/mol. The van der Waals surface area contributed by atoms with Gasteiger partial charge in [0.1, 0.15) is 5.82 Å². The summed E-state index contributed by atoms with van der Waals surface area (Å²) in [7, 11) is 0. The highest BCUT2D eigenvalue weighted by molar-refractivity contribution is 5.79. The van der Waals surface area contributed by atoms with E-state index in [1.807, 2.05) is 12.2 Å². The van der Waals surface area contributed by atoms with Crippen molar-refractivity contribution < 1.29 is 4.79 Å². The van der Waals surface area contributed by atoms with Crippen LogP contribution in [0.3, 0.4) is 0 Å². The molecule has 204 valence electrons. The molecule has 0 aromatic rings. The molecule has 0 spiro atoms. The van der Waals surface area contributed by atoms with E-state index in [0.29, 0.717) is 23.7 Å². The summed E-state index contributed by atoms with van der Waals surface area (Å²) in [5, 5.41) is 6.12. The van der Waals surface area contributed by atoms with Gasteiger partial charge >= 0.3 is 0 Å². The van der Waals surface area contributed by atoms with Crippen molar-refractivity contribution in [3.05, 3.63) is 83.9 Å². The van der Waals surface area contributed by atoms with Crippen LogP contribution in [-0.2, 0) is 4.79 Å². The number of hydrogen-bond acceptors (Lipinski definition) is 3. The first-order valence-electron chi connectivity index (χ1n) is 14.3. The van der Waals surface area contributed by atoms with Crippen LogP contribution in [0.25, 0.3) is 0 Å². The fourth-order valence-electron chi connectivity index (χ4n) is 4.76. The molecule has 37 heavy (non-hydrogen) atoms. The normalized spacial score (nSPS) is 20.9. The molecule has 0 bridgehead atoms. The van der Waals surface area contributed by atoms with Crippen molar-refractivity contribution in [2.24, 2.45) is 11.3 Å². The molecule has 0 saturated carbocycles. The van der Waals surface area contributed by atoms with Crippen molar-refractivity contribution in [2.75, 3.05) is 19.6 Å². The van der Waals surface area contributed by atoms with Crippen molar-refractivity contribution in [1.29, 1.82) is 0 Å². The number of carbonyl (C=O) groups excluding carboxylic acids is 1. The van der Waals surface area contributed by atoms with E-state index in [-0.39, 0.29) is 5.91 Å². The third-order valence-electron chi connectivity index (χ3n) is 7.43. The van der Waals surface area contributed by atoms with Crippen LogP contribution in [0.5, 0.6) is 0 Å². The molecule has 1 fully saturated rings. The zero-order valence-electron chi connectivity index (χ0n) is 24.1. The van der Waals surface area contributed by atoms with Gasteiger partial charge in [-0.05, 0) is 74.8 Å². The second kappa shape index (κ2) is 16.3. The van der Waals surface area contributed by atoms with Crippen LogP contribution in [0.4, 0.5) is 0 Å². The van der Waals surface area contributed by atoms with Gasteiger partial charge < -0.3 is 10.6 Å². The second-order valence-corrected chi connectivity index (χ2v) is 11.1. The summed E-state index contributed by atoms with van der Waals surface area (Å²) in [5.74, 6) is 0.916. The summed E-state index contributed by atoms with van der Waals surface area (Å²) in [6.07, 6.45) is 29.3. The van der Waals surface area contributed by atoms with E-state index in [4.69, 9.17) is 0 Å². The summed E-state index contributed by atoms with van der Waals surface area (Å²) in [5.41, 5.74) is 3.92. The SMILES string of the molecule is C=C(NC(=O)CN1CCC(C)(CC2=CC=CCC=C2)CC1)NC1=CC=CC(C)C(C)=C1.CCCCCC. The lowest BCUT2D eigenvalue weighted by molar-refractivity contribution is -0.122. The van der Waals surface area contributed by atoms with Gasteiger partial charge in [0.15, 0.2) is 0 Å². The van der Waals surface area contributed by atoms with Crippen LogP contribution in [0.2, 0.25) is 0 Å². The van der Waals surface area contributed by atoms with Crippen LogP contribution in [0.1, 0.15) is 86.0 Å². The Morgan fingerprint density at radius 3 is 2.49 bits per heavy atom. The van der Waals surface area contributed by atoms with E-state index >= 15 is 0 Å². The number of nitrogens with one attached hydrogen (secondary N) is 2. The maximum Gasteiger partial charge on any atom is 0.239 e. The Bertz CT molecular complexity index is 919. The molecule has 1 saturated heterocycles. The molecule has 4 heteroatoms. The quantitative estimate of drug-likeness (QED) is 0.299. The van der Waals surface area contributed by atoms with Gasteiger partial charge in [-0.1, -0.05) is 108 Å². The zero-order valence-corrected chi connectivity index (χ0v) is 24.1. The maximum atomic E-state index is 12.5. The molecule has 0 aromatic heterocycles. The standard InChI is InChI=1S/C27H37N3O.C6H14/c1-21-10-9-13-25(18-22(21)2)28-23(3)29-26(31)20-30-16-14-27(4,15-17-30)19-24-11-7-5-6-8-12-24;1-3-5-6-4-2/h5,7-13,18,21,28H,3,6,14-17,19-20H2,1-2,4H3,(H,29,31);3-6H2,1-2H3. The Labute approximate surface area is 227 Å². The van der Waals surface area contributed by atoms with Gasteiger partial charge in [0.2, 0.25) is 5.91 Å². The molecular weight excluding hydrogens is 454 g/mol. The smallest absolute Gasteiger partial charge is 0.239 e. The third kappa shape index (κ3) is 12.0. The number of unbranched alkanes of at least 4 members (excludes halogenated alkanes) is 3. The number of allylic oxidation sites excluding steroid dienone is 11. The zero-order chi connectivity index (χ0) is 27.1. The fourth-order valence-corrected chi connectivity index (χ4v) is 4.76. The molecule has 4 nitrogen and oxygen atoms in total. The van der Waals surface area contributed by atoms with Gasteiger partial charge in [0.25, 0.3) is 0 Å². The number of hydrogen-bond donors (Lipinski definition) is 2. The Morgan fingerprint density at radius 1 is 1.11 bits per heavy atom. The van der Waals surface area contributed by atoms with Crippen LogP contribution in [0.15, 0.2) is 83.9 Å². The van der Waals surface area contributed by atoms with E-state index in [2.05, 4.69) is 99.3 Å². The molecule has 1 heterocycles. The Hall–Kier alpha value is -2.59. The summed E-state index contributed by atoms with van der Waals surface area (Å²) >= 11 is 0. The largest absolute Gasteiger partial charge is 0.342 e. The molecule has 0 aromatic carbocycles. The Kier molecular flexibility index (Phi) is 13.5. The molecule has 2 N–H and O–H groups in total. The number of carbonyl (C=O) groups is 1. The van der Waals surface area contributed by atoms with Crippen molar-refractivity contribution in [3.8, 4) is 0 Å². The first kappa shape index (κ1) is 30.6. The molecule has 1 unspecified atom stereocenters. The minimum atomic E-state index is -0.0144. The Balaban J connectivity index is 0.000000717. The van der Waals surface area contributed by atoms with E-state index in [1.165, 1.54) is 36.8 Å². The topological polar surface area (TPSA) is 44.4 Å². The molecule has 2 aliphatic carbocycles. The highest BCUT2D eigenvalue weighted by Gasteiger charge is 2.31. The van der Waals surface area contributed by atoms with Gasteiger partial charge in [0, 0.05) is 5.70 Å². The van der Waals surface area contributed by atoms with Crippen molar-refractivity contribution in [2.45, 2.75) is 86.0 Å². The third-order valence-corrected chi connectivity index (χ3v) is 7.43. The number of likely N-dealkylation sites (tertiary alicyclic amines) is 1. The van der Waals surface area contributed by atoms with Gasteiger partial charge in [-0.15, -0.1) is 0 Å². The van der Waals surface area contributed by atoms with Gasteiger partial charge in [0.05, 0.1) is 6.54 Å². The molecule has 0 radical (unpaired) electrons. The minimum Gasteiger partial charge on any atom is -0.342 e. The number of rotatable bonds is 10. The van der Waals surface area contributed by atoms with E-state index < -0.39 is 0 Å². The predicted octanol–water partition coefficient (Wildman–Crippen LogP) is 7.72.